The van der Waals surface area contributed by atoms with Crippen molar-refractivity contribution in [3.63, 3.8) is 0 Å². The van der Waals surface area contributed by atoms with Gasteiger partial charge in [0.05, 0.1) is 5.25 Å². The summed E-state index contributed by atoms with van der Waals surface area (Å²) in [4.78, 5) is 14.8. The molecule has 0 aromatic carbocycles. The zero-order valence-corrected chi connectivity index (χ0v) is 12.5. The number of hydrogen-bond acceptors (Lipinski definition) is 3. The molecule has 18 heavy (non-hydrogen) atoms. The first-order valence-corrected chi connectivity index (χ1v) is 8.43. The fourth-order valence-electron chi connectivity index (χ4n) is 3.03. The van der Waals surface area contributed by atoms with Crippen molar-refractivity contribution in [2.45, 2.75) is 63.3 Å². The van der Waals surface area contributed by atoms with E-state index in [1.165, 1.54) is 25.7 Å². The Labute approximate surface area is 115 Å². The second-order valence-electron chi connectivity index (χ2n) is 5.49. The van der Waals surface area contributed by atoms with Crippen LogP contribution in [0.2, 0.25) is 0 Å². The second-order valence-corrected chi connectivity index (χ2v) is 6.94. The highest BCUT2D eigenvalue weighted by atomic mass is 32.2. The molecule has 0 aromatic rings. The smallest absolute Gasteiger partial charge is 0.235 e. The van der Waals surface area contributed by atoms with E-state index < -0.39 is 0 Å². The van der Waals surface area contributed by atoms with Crippen LogP contribution in [0, 0.1) is 0 Å². The van der Waals surface area contributed by atoms with Gasteiger partial charge in [-0.1, -0.05) is 13.3 Å². The molecular weight excluding hydrogens is 244 g/mol. The second kappa shape index (κ2) is 6.80. The number of unbranched alkanes of at least 4 members (excludes halogenated alkanes) is 1. The number of carbonyl (C=O) groups excluding carboxylic acids is 1. The zero-order valence-electron chi connectivity index (χ0n) is 11.7. The first kappa shape index (κ1) is 14.2. The quantitative estimate of drug-likeness (QED) is 0.778. The van der Waals surface area contributed by atoms with E-state index in [2.05, 4.69) is 24.1 Å². The van der Waals surface area contributed by atoms with Crippen LogP contribution >= 0.6 is 11.8 Å². The molecule has 0 radical (unpaired) electrons. The molecule has 2 saturated heterocycles. The molecule has 4 heteroatoms. The van der Waals surface area contributed by atoms with Gasteiger partial charge in [-0.25, -0.2) is 0 Å². The van der Waals surface area contributed by atoms with Gasteiger partial charge in [0.2, 0.25) is 5.91 Å². The van der Waals surface area contributed by atoms with Gasteiger partial charge in [0.15, 0.2) is 0 Å². The first-order valence-electron chi connectivity index (χ1n) is 7.38. The third-order valence-corrected chi connectivity index (χ3v) is 5.35. The molecule has 0 aliphatic carbocycles. The van der Waals surface area contributed by atoms with Crippen molar-refractivity contribution in [1.29, 1.82) is 0 Å². The van der Waals surface area contributed by atoms with E-state index in [9.17, 15) is 4.79 Å². The molecule has 1 N–H and O–H groups in total. The van der Waals surface area contributed by atoms with Crippen LogP contribution in [0.1, 0.15) is 46.0 Å². The Balaban J connectivity index is 1.90. The predicted octanol–water partition coefficient (Wildman–Crippen LogP) is 2.26. The van der Waals surface area contributed by atoms with Gasteiger partial charge in [-0.15, -0.1) is 11.8 Å². The Hall–Kier alpha value is -0.220. The Kier molecular flexibility index (Phi) is 5.37. The van der Waals surface area contributed by atoms with Crippen LogP contribution in [-0.2, 0) is 4.79 Å². The van der Waals surface area contributed by atoms with E-state index in [1.807, 2.05) is 11.8 Å². The highest BCUT2D eigenvalue weighted by Crippen LogP contribution is 2.30. The minimum absolute atomic E-state index is 0.137. The fourth-order valence-corrected chi connectivity index (χ4v) is 4.10. The van der Waals surface area contributed by atoms with Crippen LogP contribution < -0.4 is 5.32 Å². The standard InChI is InChI=1S/C14H26N2OS/c1-3-4-9-18-11(2)14(17)16-12-5-6-13(16)10-15-8-7-12/h11-13,15H,3-10H2,1-2H3. The fraction of sp³-hybridized carbons (Fsp3) is 0.929. The molecule has 3 unspecified atom stereocenters. The van der Waals surface area contributed by atoms with Crippen LogP contribution in [0.5, 0.6) is 0 Å². The van der Waals surface area contributed by atoms with Gasteiger partial charge < -0.3 is 10.2 Å². The maximum Gasteiger partial charge on any atom is 0.235 e. The van der Waals surface area contributed by atoms with E-state index in [0.29, 0.717) is 18.0 Å². The van der Waals surface area contributed by atoms with Crippen LogP contribution in [0.4, 0.5) is 0 Å². The van der Waals surface area contributed by atoms with E-state index in [4.69, 9.17) is 0 Å². The van der Waals surface area contributed by atoms with Crippen LogP contribution in [-0.4, -0.2) is 47.0 Å². The van der Waals surface area contributed by atoms with Crippen molar-refractivity contribution in [2.75, 3.05) is 18.8 Å². The highest BCUT2D eigenvalue weighted by molar-refractivity contribution is 8.00. The predicted molar refractivity (Wildman–Crippen MR) is 78.0 cm³/mol. The summed E-state index contributed by atoms with van der Waals surface area (Å²) in [5.74, 6) is 1.50. The number of carbonyl (C=O) groups is 1. The van der Waals surface area contributed by atoms with Crippen molar-refractivity contribution in [3.05, 3.63) is 0 Å². The summed E-state index contributed by atoms with van der Waals surface area (Å²) < 4.78 is 0. The Morgan fingerprint density at radius 3 is 2.94 bits per heavy atom. The molecule has 0 aromatic heterocycles. The lowest BCUT2D eigenvalue weighted by atomic mass is 10.1. The van der Waals surface area contributed by atoms with Crippen molar-refractivity contribution in [1.82, 2.24) is 10.2 Å². The molecule has 0 saturated carbocycles. The Bertz CT molecular complexity index is 271. The first-order chi connectivity index (χ1) is 8.74. The maximum absolute atomic E-state index is 12.6. The van der Waals surface area contributed by atoms with Gasteiger partial charge in [0.25, 0.3) is 0 Å². The van der Waals surface area contributed by atoms with Gasteiger partial charge in [-0.05, 0) is 44.9 Å². The highest BCUT2D eigenvalue weighted by Gasteiger charge is 2.39. The number of nitrogens with zero attached hydrogens (tertiary/aromatic N) is 1. The van der Waals surface area contributed by atoms with Crippen LogP contribution in [0.15, 0.2) is 0 Å². The number of thioether (sulfide) groups is 1. The normalized spacial score (nSPS) is 29.1. The summed E-state index contributed by atoms with van der Waals surface area (Å²) in [7, 11) is 0. The number of rotatable bonds is 5. The molecule has 2 bridgehead atoms. The molecule has 2 heterocycles. The van der Waals surface area contributed by atoms with Crippen LogP contribution in [0.25, 0.3) is 0 Å². The summed E-state index contributed by atoms with van der Waals surface area (Å²) in [6.07, 6.45) is 5.97. The molecule has 104 valence electrons. The van der Waals surface area contributed by atoms with Gasteiger partial charge in [-0.2, -0.15) is 0 Å². The number of fused-ring (bicyclic) bond motifs is 2. The van der Waals surface area contributed by atoms with Gasteiger partial charge in [0, 0.05) is 18.6 Å². The summed E-state index contributed by atoms with van der Waals surface area (Å²) in [5.41, 5.74) is 0. The minimum Gasteiger partial charge on any atom is -0.334 e. The Morgan fingerprint density at radius 1 is 1.39 bits per heavy atom. The van der Waals surface area contributed by atoms with E-state index in [0.717, 1.165) is 25.3 Å². The lowest BCUT2D eigenvalue weighted by Crippen LogP contribution is -2.45. The van der Waals surface area contributed by atoms with Crippen molar-refractivity contribution in [2.24, 2.45) is 0 Å². The topological polar surface area (TPSA) is 32.3 Å². The number of amides is 1. The Morgan fingerprint density at radius 2 is 2.17 bits per heavy atom. The molecular formula is C14H26N2OS. The lowest BCUT2D eigenvalue weighted by molar-refractivity contribution is -0.132. The van der Waals surface area contributed by atoms with Gasteiger partial charge in [-0.3, -0.25) is 4.79 Å². The van der Waals surface area contributed by atoms with E-state index in [1.54, 1.807) is 0 Å². The maximum atomic E-state index is 12.6. The van der Waals surface area contributed by atoms with Crippen molar-refractivity contribution >= 4 is 17.7 Å². The molecule has 3 nitrogen and oxygen atoms in total. The SMILES string of the molecule is CCCCSC(C)C(=O)N1C2CCNCC1CC2. The largest absolute Gasteiger partial charge is 0.334 e. The summed E-state index contributed by atoms with van der Waals surface area (Å²) in [6, 6.07) is 0.964. The summed E-state index contributed by atoms with van der Waals surface area (Å²) in [6.45, 7) is 6.35. The van der Waals surface area contributed by atoms with Crippen molar-refractivity contribution < 1.29 is 4.79 Å². The third kappa shape index (κ3) is 3.21. The number of nitrogens with one attached hydrogen (secondary N) is 1. The van der Waals surface area contributed by atoms with E-state index in [-0.39, 0.29) is 5.25 Å². The molecule has 1 amide bonds. The zero-order chi connectivity index (χ0) is 13.0. The average molecular weight is 270 g/mol. The summed E-state index contributed by atoms with van der Waals surface area (Å²) >= 11 is 1.83. The molecule has 0 spiro atoms. The molecule has 2 rings (SSSR count). The van der Waals surface area contributed by atoms with Crippen molar-refractivity contribution in [3.8, 4) is 0 Å². The van der Waals surface area contributed by atoms with E-state index >= 15 is 0 Å². The number of hydrogen-bond donors (Lipinski definition) is 1. The third-order valence-electron chi connectivity index (χ3n) is 4.12. The lowest BCUT2D eigenvalue weighted by Gasteiger charge is -2.30. The van der Waals surface area contributed by atoms with Gasteiger partial charge >= 0.3 is 0 Å². The molecule has 3 atom stereocenters. The molecule has 2 aliphatic heterocycles. The monoisotopic (exact) mass is 270 g/mol. The molecule has 2 fully saturated rings. The molecule has 2 aliphatic rings. The summed E-state index contributed by atoms with van der Waals surface area (Å²) in [5, 5.41) is 3.59. The van der Waals surface area contributed by atoms with Crippen LogP contribution in [0.3, 0.4) is 0 Å². The van der Waals surface area contributed by atoms with Gasteiger partial charge in [0.1, 0.15) is 0 Å². The average Bonchev–Trinajstić information content (AvgIpc) is 2.62. The minimum atomic E-state index is 0.137.